The van der Waals surface area contributed by atoms with Crippen LogP contribution < -0.4 is 4.90 Å². The van der Waals surface area contributed by atoms with E-state index in [0.717, 1.165) is 35.9 Å². The summed E-state index contributed by atoms with van der Waals surface area (Å²) in [4.78, 5) is 21.9. The van der Waals surface area contributed by atoms with Crippen LogP contribution in [0.25, 0.3) is 0 Å². The van der Waals surface area contributed by atoms with Gasteiger partial charge in [0.25, 0.3) is 5.91 Å². The average Bonchev–Trinajstić information content (AvgIpc) is 2.94. The zero-order valence-corrected chi connectivity index (χ0v) is 16.2. The van der Waals surface area contributed by atoms with Crippen molar-refractivity contribution in [3.63, 3.8) is 0 Å². The predicted octanol–water partition coefficient (Wildman–Crippen LogP) is 4.30. The Hall–Kier alpha value is -2.33. The van der Waals surface area contributed by atoms with Crippen molar-refractivity contribution in [1.29, 1.82) is 0 Å². The molecule has 136 valence electrons. The maximum Gasteiger partial charge on any atom is 0.259 e. The Morgan fingerprint density at radius 1 is 1.12 bits per heavy atom. The SMILES string of the molecule is CCN(CC)C1=NC(Cc2ccccc2)C(=O)N1c1ccc(Cl)cc1C. The summed E-state index contributed by atoms with van der Waals surface area (Å²) in [7, 11) is 0. The summed E-state index contributed by atoms with van der Waals surface area (Å²) in [6.45, 7) is 7.72. The van der Waals surface area contributed by atoms with Crippen molar-refractivity contribution in [2.45, 2.75) is 33.2 Å². The van der Waals surface area contributed by atoms with Crippen LogP contribution in [0.15, 0.2) is 53.5 Å². The normalized spacial score (nSPS) is 16.8. The third kappa shape index (κ3) is 3.61. The summed E-state index contributed by atoms with van der Waals surface area (Å²) in [5.41, 5.74) is 2.93. The molecule has 2 aromatic rings. The van der Waals surface area contributed by atoms with E-state index in [4.69, 9.17) is 16.6 Å². The lowest BCUT2D eigenvalue weighted by Crippen LogP contribution is -2.45. The topological polar surface area (TPSA) is 35.9 Å². The number of guanidine groups is 1. The molecule has 1 heterocycles. The second kappa shape index (κ2) is 7.92. The van der Waals surface area contributed by atoms with E-state index in [1.54, 1.807) is 4.90 Å². The highest BCUT2D eigenvalue weighted by atomic mass is 35.5. The van der Waals surface area contributed by atoms with Gasteiger partial charge in [0.15, 0.2) is 0 Å². The molecule has 0 saturated heterocycles. The van der Waals surface area contributed by atoms with Gasteiger partial charge in [-0.2, -0.15) is 0 Å². The van der Waals surface area contributed by atoms with Crippen molar-refractivity contribution < 1.29 is 4.79 Å². The number of aryl methyl sites for hydroxylation is 1. The Morgan fingerprint density at radius 3 is 2.42 bits per heavy atom. The smallest absolute Gasteiger partial charge is 0.259 e. The number of nitrogens with zero attached hydrogens (tertiary/aromatic N) is 3. The number of hydrogen-bond acceptors (Lipinski definition) is 3. The van der Waals surface area contributed by atoms with E-state index in [0.29, 0.717) is 11.4 Å². The lowest BCUT2D eigenvalue weighted by Gasteiger charge is -2.28. The van der Waals surface area contributed by atoms with Crippen LogP contribution in [0, 0.1) is 6.92 Å². The summed E-state index contributed by atoms with van der Waals surface area (Å²) in [5.74, 6) is 0.743. The van der Waals surface area contributed by atoms with Gasteiger partial charge in [-0.15, -0.1) is 0 Å². The number of aliphatic imine (C=N–C) groups is 1. The van der Waals surface area contributed by atoms with Gasteiger partial charge in [-0.05, 0) is 50.1 Å². The van der Waals surface area contributed by atoms with Gasteiger partial charge in [0.2, 0.25) is 5.96 Å². The molecule has 3 rings (SSSR count). The Kier molecular flexibility index (Phi) is 5.62. The summed E-state index contributed by atoms with van der Waals surface area (Å²) in [6, 6.07) is 15.2. The molecule has 4 nitrogen and oxygen atoms in total. The summed E-state index contributed by atoms with van der Waals surface area (Å²) >= 11 is 6.11. The third-order valence-electron chi connectivity index (χ3n) is 4.69. The number of carbonyl (C=O) groups excluding carboxylic acids is 1. The van der Waals surface area contributed by atoms with Crippen molar-refractivity contribution in [1.82, 2.24) is 4.90 Å². The van der Waals surface area contributed by atoms with Gasteiger partial charge in [0.05, 0.1) is 5.69 Å². The van der Waals surface area contributed by atoms with Crippen LogP contribution in [0.4, 0.5) is 5.69 Å². The van der Waals surface area contributed by atoms with Gasteiger partial charge in [-0.3, -0.25) is 4.79 Å². The maximum atomic E-state index is 13.2. The highest BCUT2D eigenvalue weighted by molar-refractivity contribution is 6.31. The Bertz CT molecular complexity index is 815. The Morgan fingerprint density at radius 2 is 1.81 bits per heavy atom. The molecule has 1 atom stereocenters. The van der Waals surface area contributed by atoms with Crippen LogP contribution in [0.2, 0.25) is 5.02 Å². The van der Waals surface area contributed by atoms with Crippen LogP contribution in [-0.4, -0.2) is 35.9 Å². The molecule has 0 spiro atoms. The number of amides is 1. The van der Waals surface area contributed by atoms with E-state index in [-0.39, 0.29) is 5.91 Å². The van der Waals surface area contributed by atoms with Crippen LogP contribution in [0.3, 0.4) is 0 Å². The lowest BCUT2D eigenvalue weighted by molar-refractivity contribution is -0.118. The summed E-state index contributed by atoms with van der Waals surface area (Å²) in [5, 5.41) is 0.667. The van der Waals surface area contributed by atoms with E-state index in [1.165, 1.54) is 0 Å². The van der Waals surface area contributed by atoms with Gasteiger partial charge >= 0.3 is 0 Å². The van der Waals surface area contributed by atoms with Gasteiger partial charge in [0, 0.05) is 24.5 Å². The van der Waals surface area contributed by atoms with Crippen LogP contribution in [-0.2, 0) is 11.2 Å². The molecule has 0 aromatic heterocycles. The molecule has 0 saturated carbocycles. The number of anilines is 1. The third-order valence-corrected chi connectivity index (χ3v) is 4.93. The molecule has 0 fully saturated rings. The van der Waals surface area contributed by atoms with Crippen LogP contribution in [0.1, 0.15) is 25.0 Å². The number of carbonyl (C=O) groups is 1. The molecule has 0 N–H and O–H groups in total. The molecule has 5 heteroatoms. The summed E-state index contributed by atoms with van der Waals surface area (Å²) < 4.78 is 0. The molecule has 1 aliphatic rings. The maximum absolute atomic E-state index is 13.2. The van der Waals surface area contributed by atoms with Crippen LogP contribution in [0.5, 0.6) is 0 Å². The monoisotopic (exact) mass is 369 g/mol. The fraction of sp³-hybridized carbons (Fsp3) is 0.333. The predicted molar refractivity (Wildman–Crippen MR) is 108 cm³/mol. The molecule has 1 unspecified atom stereocenters. The molecule has 0 radical (unpaired) electrons. The molecule has 0 bridgehead atoms. The van der Waals surface area contributed by atoms with Gasteiger partial charge < -0.3 is 4.90 Å². The fourth-order valence-corrected chi connectivity index (χ4v) is 3.52. The van der Waals surface area contributed by atoms with Crippen LogP contribution >= 0.6 is 11.6 Å². The summed E-state index contributed by atoms with van der Waals surface area (Å²) in [6.07, 6.45) is 0.605. The highest BCUT2D eigenvalue weighted by Gasteiger charge is 2.38. The van der Waals surface area contributed by atoms with Gasteiger partial charge in [-0.25, -0.2) is 9.89 Å². The van der Waals surface area contributed by atoms with E-state index >= 15 is 0 Å². The minimum atomic E-state index is -0.400. The second-order valence-corrected chi connectivity index (χ2v) is 6.85. The first-order valence-electron chi connectivity index (χ1n) is 9.02. The van der Waals surface area contributed by atoms with Crippen molar-refractivity contribution in [3.05, 3.63) is 64.7 Å². The standard InChI is InChI=1S/C21H24ClN3O/c1-4-24(5-2)21-23-18(14-16-9-7-6-8-10-16)20(26)25(21)19-12-11-17(22)13-15(19)3/h6-13,18H,4-5,14H2,1-3H3. The Labute approximate surface area is 160 Å². The number of hydrogen-bond donors (Lipinski definition) is 0. The molecular weight excluding hydrogens is 346 g/mol. The highest BCUT2D eigenvalue weighted by Crippen LogP contribution is 2.29. The number of halogens is 1. The largest absolute Gasteiger partial charge is 0.343 e. The molecule has 1 amide bonds. The molecule has 26 heavy (non-hydrogen) atoms. The first kappa shape index (κ1) is 18.5. The molecular formula is C21H24ClN3O. The van der Waals surface area contributed by atoms with E-state index in [9.17, 15) is 4.79 Å². The fourth-order valence-electron chi connectivity index (χ4n) is 3.30. The van der Waals surface area contributed by atoms with Gasteiger partial charge in [0.1, 0.15) is 6.04 Å². The van der Waals surface area contributed by atoms with Gasteiger partial charge in [-0.1, -0.05) is 41.9 Å². The van der Waals surface area contributed by atoms with Crippen molar-refractivity contribution in [3.8, 4) is 0 Å². The van der Waals surface area contributed by atoms with E-state index in [2.05, 4.69) is 18.7 Å². The van der Waals surface area contributed by atoms with Crippen molar-refractivity contribution in [2.75, 3.05) is 18.0 Å². The quantitative estimate of drug-likeness (QED) is 0.787. The minimum absolute atomic E-state index is 0.0150. The first-order valence-corrected chi connectivity index (χ1v) is 9.39. The first-order chi connectivity index (χ1) is 12.5. The molecule has 2 aromatic carbocycles. The molecule has 0 aliphatic carbocycles. The zero-order chi connectivity index (χ0) is 18.7. The Balaban J connectivity index is 1.99. The zero-order valence-electron chi connectivity index (χ0n) is 15.4. The van der Waals surface area contributed by atoms with E-state index in [1.807, 2.05) is 55.5 Å². The second-order valence-electron chi connectivity index (χ2n) is 6.41. The number of rotatable bonds is 5. The minimum Gasteiger partial charge on any atom is -0.343 e. The van der Waals surface area contributed by atoms with Crippen molar-refractivity contribution >= 4 is 29.2 Å². The average molecular weight is 370 g/mol. The van der Waals surface area contributed by atoms with E-state index < -0.39 is 6.04 Å². The lowest BCUT2D eigenvalue weighted by atomic mass is 10.1. The number of benzene rings is 2. The molecule has 1 aliphatic heterocycles. The van der Waals surface area contributed by atoms with Crippen molar-refractivity contribution in [2.24, 2.45) is 4.99 Å².